The van der Waals surface area contributed by atoms with Crippen molar-refractivity contribution in [3.63, 3.8) is 0 Å². The second-order valence-electron chi connectivity index (χ2n) is 4.76. The minimum atomic E-state index is 0.0254. The molecule has 0 unspecified atom stereocenters. The average Bonchev–Trinajstić information content (AvgIpc) is 2.83. The van der Waals surface area contributed by atoms with Crippen molar-refractivity contribution in [2.75, 3.05) is 18.4 Å². The maximum absolute atomic E-state index is 11.9. The lowest BCUT2D eigenvalue weighted by molar-refractivity contribution is 0.201. The minimum absolute atomic E-state index is 0.0254. The van der Waals surface area contributed by atoms with Crippen molar-refractivity contribution in [3.05, 3.63) is 29.8 Å². The molecule has 3 rings (SSSR count). The summed E-state index contributed by atoms with van der Waals surface area (Å²) >= 11 is 0. The van der Waals surface area contributed by atoms with Crippen LogP contribution in [0.25, 0.3) is 0 Å². The van der Waals surface area contributed by atoms with Gasteiger partial charge < -0.3 is 15.5 Å². The van der Waals surface area contributed by atoms with Gasteiger partial charge in [-0.1, -0.05) is 18.2 Å². The van der Waals surface area contributed by atoms with E-state index in [1.807, 2.05) is 23.1 Å². The van der Waals surface area contributed by atoms with Crippen LogP contribution in [0.4, 0.5) is 10.5 Å². The summed E-state index contributed by atoms with van der Waals surface area (Å²) in [7, 11) is 0. The molecule has 4 heteroatoms. The van der Waals surface area contributed by atoms with Gasteiger partial charge in [0.05, 0.1) is 0 Å². The van der Waals surface area contributed by atoms with Crippen molar-refractivity contribution in [2.24, 2.45) is 0 Å². The first-order chi connectivity index (χ1) is 8.33. The van der Waals surface area contributed by atoms with Crippen LogP contribution in [0.3, 0.4) is 0 Å². The van der Waals surface area contributed by atoms with Gasteiger partial charge in [0.15, 0.2) is 0 Å². The smallest absolute Gasteiger partial charge is 0.319 e. The molecule has 0 spiro atoms. The molecule has 1 atom stereocenters. The SMILES string of the molecule is O=C1Nc2ccccc2CN1C[C@@H]1CCCN1. The zero-order valence-corrected chi connectivity index (χ0v) is 9.78. The van der Waals surface area contributed by atoms with E-state index in [0.29, 0.717) is 6.04 Å². The number of benzene rings is 1. The predicted octanol–water partition coefficient (Wildman–Crippen LogP) is 1.79. The highest BCUT2D eigenvalue weighted by Gasteiger charge is 2.25. The monoisotopic (exact) mass is 231 g/mol. The summed E-state index contributed by atoms with van der Waals surface area (Å²) < 4.78 is 0. The number of carbonyl (C=O) groups excluding carboxylic acids is 1. The Morgan fingerprint density at radius 2 is 2.24 bits per heavy atom. The molecule has 1 saturated heterocycles. The van der Waals surface area contributed by atoms with E-state index in [4.69, 9.17) is 0 Å². The van der Waals surface area contributed by atoms with Gasteiger partial charge in [0.25, 0.3) is 0 Å². The van der Waals surface area contributed by atoms with Gasteiger partial charge in [-0.15, -0.1) is 0 Å². The van der Waals surface area contributed by atoms with Crippen molar-refractivity contribution in [1.82, 2.24) is 10.2 Å². The van der Waals surface area contributed by atoms with Gasteiger partial charge >= 0.3 is 6.03 Å². The number of urea groups is 1. The van der Waals surface area contributed by atoms with Gasteiger partial charge in [-0.2, -0.15) is 0 Å². The third-order valence-electron chi connectivity index (χ3n) is 3.51. The second kappa shape index (κ2) is 4.37. The Hall–Kier alpha value is -1.55. The molecule has 2 N–H and O–H groups in total. The lowest BCUT2D eigenvalue weighted by Crippen LogP contribution is -2.45. The first-order valence-electron chi connectivity index (χ1n) is 6.20. The molecular weight excluding hydrogens is 214 g/mol. The average molecular weight is 231 g/mol. The Balaban J connectivity index is 1.72. The Kier molecular flexibility index (Phi) is 2.73. The van der Waals surface area contributed by atoms with Crippen molar-refractivity contribution in [1.29, 1.82) is 0 Å². The zero-order valence-electron chi connectivity index (χ0n) is 9.78. The fourth-order valence-electron chi connectivity index (χ4n) is 2.58. The van der Waals surface area contributed by atoms with Gasteiger partial charge in [0, 0.05) is 24.8 Å². The summed E-state index contributed by atoms with van der Waals surface area (Å²) in [6.07, 6.45) is 2.39. The number of anilines is 1. The summed E-state index contributed by atoms with van der Waals surface area (Å²) in [6.45, 7) is 2.61. The van der Waals surface area contributed by atoms with Crippen LogP contribution in [0.1, 0.15) is 18.4 Å². The number of nitrogens with zero attached hydrogens (tertiary/aromatic N) is 1. The molecule has 1 aromatic carbocycles. The third kappa shape index (κ3) is 2.13. The number of fused-ring (bicyclic) bond motifs is 1. The largest absolute Gasteiger partial charge is 0.322 e. The first kappa shape index (κ1) is 10.6. The number of nitrogens with one attached hydrogen (secondary N) is 2. The summed E-state index contributed by atoms with van der Waals surface area (Å²) in [4.78, 5) is 13.8. The molecule has 2 heterocycles. The lowest BCUT2D eigenvalue weighted by atomic mass is 10.1. The van der Waals surface area contributed by atoms with Gasteiger partial charge in [-0.25, -0.2) is 4.79 Å². The van der Waals surface area contributed by atoms with Gasteiger partial charge in [-0.3, -0.25) is 0 Å². The van der Waals surface area contributed by atoms with Crippen LogP contribution in [-0.4, -0.2) is 30.1 Å². The Bertz CT molecular complexity index is 426. The number of hydrogen-bond donors (Lipinski definition) is 2. The van der Waals surface area contributed by atoms with Crippen molar-refractivity contribution >= 4 is 11.7 Å². The van der Waals surface area contributed by atoms with Crippen LogP contribution in [0.15, 0.2) is 24.3 Å². The van der Waals surface area contributed by atoms with E-state index in [-0.39, 0.29) is 6.03 Å². The minimum Gasteiger partial charge on any atom is -0.319 e. The van der Waals surface area contributed by atoms with Crippen molar-refractivity contribution in [2.45, 2.75) is 25.4 Å². The van der Waals surface area contributed by atoms with Crippen LogP contribution in [0, 0.1) is 0 Å². The summed E-state index contributed by atoms with van der Waals surface area (Å²) in [5.41, 5.74) is 2.15. The van der Waals surface area contributed by atoms with E-state index >= 15 is 0 Å². The van der Waals surface area contributed by atoms with E-state index in [0.717, 1.165) is 25.3 Å². The topological polar surface area (TPSA) is 44.4 Å². The molecule has 1 aromatic rings. The summed E-state index contributed by atoms with van der Waals surface area (Å²) in [6, 6.07) is 8.49. The quantitative estimate of drug-likeness (QED) is 0.815. The van der Waals surface area contributed by atoms with Gasteiger partial charge in [0.2, 0.25) is 0 Å². The normalized spacial score (nSPS) is 23.4. The van der Waals surface area contributed by atoms with Crippen molar-refractivity contribution < 1.29 is 4.79 Å². The molecule has 2 amide bonds. The highest BCUT2D eigenvalue weighted by Crippen LogP contribution is 2.23. The van der Waals surface area contributed by atoms with E-state index in [1.165, 1.54) is 18.4 Å². The Morgan fingerprint density at radius 1 is 1.35 bits per heavy atom. The fourth-order valence-corrected chi connectivity index (χ4v) is 2.58. The van der Waals surface area contributed by atoms with Crippen LogP contribution < -0.4 is 10.6 Å². The Morgan fingerprint density at radius 3 is 3.06 bits per heavy atom. The third-order valence-corrected chi connectivity index (χ3v) is 3.51. The molecular formula is C13H17N3O. The number of carbonyl (C=O) groups is 1. The molecule has 0 bridgehead atoms. The molecule has 90 valence electrons. The maximum atomic E-state index is 11.9. The highest BCUT2D eigenvalue weighted by molar-refractivity contribution is 5.92. The van der Waals surface area contributed by atoms with E-state index in [1.54, 1.807) is 0 Å². The molecule has 0 aromatic heterocycles. The zero-order chi connectivity index (χ0) is 11.7. The number of para-hydroxylation sites is 1. The van der Waals surface area contributed by atoms with Crippen LogP contribution in [-0.2, 0) is 6.54 Å². The van der Waals surface area contributed by atoms with Gasteiger partial charge in [-0.05, 0) is 31.0 Å². The Labute approximate surface area is 101 Å². The molecule has 1 fully saturated rings. The lowest BCUT2D eigenvalue weighted by Gasteiger charge is -2.31. The van der Waals surface area contributed by atoms with Gasteiger partial charge in [0.1, 0.15) is 0 Å². The number of amides is 2. The van der Waals surface area contributed by atoms with Crippen LogP contribution in [0.5, 0.6) is 0 Å². The molecule has 4 nitrogen and oxygen atoms in total. The van der Waals surface area contributed by atoms with Crippen LogP contribution in [0.2, 0.25) is 0 Å². The van der Waals surface area contributed by atoms with Crippen LogP contribution >= 0.6 is 0 Å². The van der Waals surface area contributed by atoms with Crippen molar-refractivity contribution in [3.8, 4) is 0 Å². The summed E-state index contributed by atoms with van der Waals surface area (Å²) in [5.74, 6) is 0. The number of hydrogen-bond acceptors (Lipinski definition) is 2. The molecule has 0 radical (unpaired) electrons. The highest BCUT2D eigenvalue weighted by atomic mass is 16.2. The fraction of sp³-hybridized carbons (Fsp3) is 0.462. The molecule has 17 heavy (non-hydrogen) atoms. The first-order valence-corrected chi connectivity index (χ1v) is 6.20. The molecule has 0 saturated carbocycles. The summed E-state index contributed by atoms with van der Waals surface area (Å²) in [5, 5.41) is 6.37. The predicted molar refractivity (Wildman–Crippen MR) is 66.9 cm³/mol. The maximum Gasteiger partial charge on any atom is 0.322 e. The van der Waals surface area contributed by atoms with E-state index in [2.05, 4.69) is 16.7 Å². The van der Waals surface area contributed by atoms with E-state index in [9.17, 15) is 4.79 Å². The molecule has 2 aliphatic rings. The molecule has 2 aliphatic heterocycles. The molecule has 0 aliphatic carbocycles. The number of rotatable bonds is 2. The standard InChI is InChI=1S/C13H17N3O/c17-13-15-12-6-2-1-4-10(12)8-16(13)9-11-5-3-7-14-11/h1-2,4,6,11,14H,3,5,7-9H2,(H,15,17)/t11-/m0/s1. The van der Waals surface area contributed by atoms with E-state index < -0.39 is 0 Å². The second-order valence-corrected chi connectivity index (χ2v) is 4.76.